The molecule has 11 atom stereocenters. The number of aliphatic hydroxyl groups is 2. The number of alkyl halides is 2. The molecule has 0 saturated carbocycles. The molecule has 1 aromatic carbocycles. The van der Waals surface area contributed by atoms with Crippen LogP contribution >= 0.6 is 47.8 Å². The summed E-state index contributed by atoms with van der Waals surface area (Å²) >= 11 is 8.84. The Hall–Kier alpha value is -5.92. The molecule has 2 rings (SSSR count). The molecule has 1 fully saturated rings. The van der Waals surface area contributed by atoms with Gasteiger partial charge in [-0.05, 0) is 153 Å². The molecule has 0 aliphatic carbocycles. The second-order valence-electron chi connectivity index (χ2n) is 28.1. The normalized spacial score (nSPS) is 15.1. The number of hydrogen-bond acceptors (Lipinski definition) is 25. The van der Waals surface area contributed by atoms with Gasteiger partial charge in [0.1, 0.15) is 23.8 Å². The van der Waals surface area contributed by atoms with E-state index in [-0.39, 0.29) is 46.7 Å². The van der Waals surface area contributed by atoms with Crippen molar-refractivity contribution in [3.63, 3.8) is 0 Å². The Labute approximate surface area is 718 Å². The number of nitrogens with zero attached hydrogens (tertiary/aromatic N) is 1. The number of halogens is 3. The fraction of sp³-hybridized carbons (Fsp3) is 0.767. The average molecular weight is 1850 g/mol. The van der Waals surface area contributed by atoms with E-state index in [0.29, 0.717) is 38.5 Å². The summed E-state index contributed by atoms with van der Waals surface area (Å²) in [5.74, 6) is -8.71. The summed E-state index contributed by atoms with van der Waals surface area (Å²) in [6.45, 7) is 33.5. The molecule has 1 heterocycles. The fourth-order valence-electron chi connectivity index (χ4n) is 10.2. The van der Waals surface area contributed by atoms with E-state index >= 15 is 0 Å². The summed E-state index contributed by atoms with van der Waals surface area (Å²) in [5.41, 5.74) is 0.531. The van der Waals surface area contributed by atoms with Crippen molar-refractivity contribution < 1.29 is 126 Å². The van der Waals surface area contributed by atoms with Gasteiger partial charge >= 0.3 is 59.7 Å². The van der Waals surface area contributed by atoms with Gasteiger partial charge in [0.25, 0.3) is 0 Å². The van der Waals surface area contributed by atoms with Crippen molar-refractivity contribution >= 4 is 118 Å². The number of carboxylic acid groups (broad SMARTS) is 2. The van der Waals surface area contributed by atoms with Gasteiger partial charge in [-0.25, -0.2) is 48.4 Å². The predicted octanol–water partition coefficient (Wildman–Crippen LogP) is 18.6. The fourth-order valence-corrected chi connectivity index (χ4v) is 10.3. The van der Waals surface area contributed by atoms with E-state index in [1.807, 2.05) is 26.8 Å². The molecular formula is C86H148Br3NO26. The molecule has 0 spiro atoms. The molecule has 0 bridgehead atoms. The summed E-state index contributed by atoms with van der Waals surface area (Å²) in [6.07, 6.45) is 19.7. The van der Waals surface area contributed by atoms with Crippen LogP contribution in [0.1, 0.15) is 341 Å². The summed E-state index contributed by atoms with van der Waals surface area (Å²) < 4.78 is 41.6. The number of aliphatic carboxylic acids is 2. The summed E-state index contributed by atoms with van der Waals surface area (Å²) in [7, 11) is 0. The van der Waals surface area contributed by atoms with Crippen LogP contribution in [0, 0.1) is 0 Å². The first-order chi connectivity index (χ1) is 55.1. The Morgan fingerprint density at radius 3 is 1.24 bits per heavy atom. The molecule has 30 heteroatoms. The molecule has 27 nitrogen and oxygen atoms in total. The number of benzene rings is 1. The van der Waals surface area contributed by atoms with Crippen molar-refractivity contribution in [1.82, 2.24) is 4.90 Å². The molecule has 1 aliphatic rings. The van der Waals surface area contributed by atoms with E-state index in [2.05, 4.69) is 106 Å². The average Bonchev–Trinajstić information content (AvgIpc) is 0.864. The number of esters is 8. The summed E-state index contributed by atoms with van der Waals surface area (Å²) in [4.78, 5) is 146. The van der Waals surface area contributed by atoms with E-state index in [4.69, 9.17) is 53.2 Å². The van der Waals surface area contributed by atoms with Gasteiger partial charge in [0, 0.05) is 6.42 Å². The molecule has 116 heavy (non-hydrogen) atoms. The van der Waals surface area contributed by atoms with E-state index in [1.165, 1.54) is 66.6 Å². The highest BCUT2D eigenvalue weighted by atomic mass is 79.9. The molecule has 5 N–H and O–H groups in total. The van der Waals surface area contributed by atoms with Gasteiger partial charge in [-0.2, -0.15) is 0 Å². The third kappa shape index (κ3) is 66.9. The third-order valence-corrected chi connectivity index (χ3v) is 19.7. The van der Waals surface area contributed by atoms with Crippen molar-refractivity contribution in [3.05, 3.63) is 47.2 Å². The number of carboxylic acids is 2. The number of carbonyl (C=O) groups excluding carboxylic acids is 10. The second-order valence-corrected chi connectivity index (χ2v) is 31.6. The van der Waals surface area contributed by atoms with Gasteiger partial charge in [-0.15, -0.1) is 0 Å². The highest BCUT2D eigenvalue weighted by molar-refractivity contribution is 9.20. The monoisotopic (exact) mass is 1850 g/mol. The number of aldehydes is 1. The number of unbranched alkanes of at least 4 members (excludes halogenated alkanes) is 22. The van der Waals surface area contributed by atoms with Crippen molar-refractivity contribution in [2.24, 2.45) is 0 Å². The van der Waals surface area contributed by atoms with Crippen LogP contribution in [0.5, 0.6) is 0 Å². The lowest BCUT2D eigenvalue weighted by Gasteiger charge is -2.25. The highest BCUT2D eigenvalue weighted by Crippen LogP contribution is 2.23. The predicted molar refractivity (Wildman–Crippen MR) is 458 cm³/mol. The maximum atomic E-state index is 13.3. The highest BCUT2D eigenvalue weighted by Gasteiger charge is 2.37. The Kier molecular flexibility index (Phi) is 82.0. The maximum Gasteiger partial charge on any atom is 0.348 e. The van der Waals surface area contributed by atoms with Gasteiger partial charge in [-0.3, -0.25) is 9.59 Å². The van der Waals surface area contributed by atoms with Crippen molar-refractivity contribution in [1.29, 1.82) is 0 Å². The SMILES string of the molecule is CC(Br)C(=O)Br.CCCCCCC(O)C(=O)O.CCCCCCC(OC(=O)/C(C)=C(\OO)C(O)CCCCCC)C(=O)OC(C)C(=O)OC(CCCCCC)C(=O)OC(C)C(=O)OCc1ccccc1.CCCCCCC(OC(=O)C(C)Br)C(=O)O.CCCCCCC1OC(=O)C(C)OC1=O.CCCCCCC=O.CCN(CC)CC. The molecule has 1 saturated heterocycles. The van der Waals surface area contributed by atoms with E-state index < -0.39 is 119 Å². The first-order valence-corrected chi connectivity index (χ1v) is 44.9. The van der Waals surface area contributed by atoms with E-state index in [0.717, 1.165) is 160 Å². The zero-order valence-electron chi connectivity index (χ0n) is 72.8. The Morgan fingerprint density at radius 2 is 0.862 bits per heavy atom. The lowest BCUT2D eigenvalue weighted by atomic mass is 10.1. The first-order valence-electron chi connectivity index (χ1n) is 42.2. The molecule has 0 amide bonds. The van der Waals surface area contributed by atoms with Crippen LogP contribution in [0.2, 0.25) is 0 Å². The minimum Gasteiger partial charge on any atom is -0.479 e. The molecule has 11 unspecified atom stereocenters. The van der Waals surface area contributed by atoms with Crippen LogP contribution in [0.15, 0.2) is 41.7 Å². The number of rotatable bonds is 56. The molecule has 0 aromatic heterocycles. The van der Waals surface area contributed by atoms with E-state index in [9.17, 15) is 67.9 Å². The van der Waals surface area contributed by atoms with Crippen molar-refractivity contribution in [3.8, 4) is 0 Å². The first kappa shape index (κ1) is 119. The Morgan fingerprint density at radius 1 is 0.474 bits per heavy atom. The second kappa shape index (κ2) is 80.2. The standard InChI is InChI=1S/C40H62O13.C11H19BrO4.C11H18O4.C8H16O3.C7H14O.C6H15N.C3H4Br2O/c1-7-10-13-19-24-32(41)35(53-47)28(4)36(42)51-33(25-20-14-11-8-2)39(45)50-30(6)38(44)52-34(26-21-15-12-9-3)40(46)49-29(5)37(43)48-27-31-22-17-16-18-23-31;1-3-4-5-6-7-9(10(13)14)16-11(15)8(2)12;1-3-4-5-6-7-9-11(13)14-8(2)10(12)15-9;1-2-3-4-5-6-7(9)8(10)11;1-2-3-4-5-6-7-8;1-4-7(5-2)6-3;1-2(4)3(5)6/h16-18,22-23,29-30,32-34,41,47H,7-15,19-21,24-27H2,1-6H3;8-9H,3-7H2,1-2H3,(H,13,14);8-9H,3-7H2,1-2H3;7,9H,2-6H2,1H3,(H,10,11);7H,2-6H2,1H3;4-6H2,1-3H3;2H,1H3/b35-28-;;;;;;. The number of ether oxygens (including phenoxy) is 8. The van der Waals surface area contributed by atoms with Crippen LogP contribution in [-0.2, 0) is 107 Å². The molecule has 674 valence electrons. The lowest BCUT2D eigenvalue weighted by molar-refractivity contribution is -0.218. The van der Waals surface area contributed by atoms with E-state index in [1.54, 1.807) is 38.1 Å². The summed E-state index contributed by atoms with van der Waals surface area (Å²) in [6, 6.07) is 8.99. The lowest BCUT2D eigenvalue weighted by Crippen LogP contribution is -2.42. The van der Waals surface area contributed by atoms with Gasteiger partial charge in [-0.1, -0.05) is 279 Å². The van der Waals surface area contributed by atoms with Gasteiger partial charge in [0.15, 0.2) is 54.6 Å². The van der Waals surface area contributed by atoms with Crippen LogP contribution < -0.4 is 0 Å². The third-order valence-electron chi connectivity index (χ3n) is 17.6. The van der Waals surface area contributed by atoms with Crippen LogP contribution in [0.25, 0.3) is 0 Å². The number of aliphatic hydroxyl groups excluding tert-OH is 2. The largest absolute Gasteiger partial charge is 0.479 e. The minimum atomic E-state index is -1.50. The van der Waals surface area contributed by atoms with Crippen molar-refractivity contribution in [2.45, 2.75) is 407 Å². The molecule has 1 aromatic rings. The number of carbonyl (C=O) groups is 12. The molecule has 0 radical (unpaired) electrons. The molecular weight excluding hydrogens is 1700 g/mol. The topological polar surface area (TPSA) is 392 Å². The van der Waals surface area contributed by atoms with Gasteiger partial charge in [0.2, 0.25) is 4.69 Å². The Balaban J connectivity index is -0.000000518. The molecule has 1 aliphatic heterocycles. The van der Waals surface area contributed by atoms with Gasteiger partial charge < -0.3 is 72.9 Å². The smallest absolute Gasteiger partial charge is 0.348 e. The maximum absolute atomic E-state index is 13.3. The van der Waals surface area contributed by atoms with Crippen LogP contribution in [0.4, 0.5) is 0 Å². The number of cyclic esters (lactones) is 2. The van der Waals surface area contributed by atoms with Crippen molar-refractivity contribution in [2.75, 3.05) is 19.6 Å². The summed E-state index contributed by atoms with van der Waals surface area (Å²) in [5, 5.41) is 46.0. The Bertz CT molecular complexity index is 2770. The van der Waals surface area contributed by atoms with Gasteiger partial charge in [0.05, 0.1) is 10.4 Å². The van der Waals surface area contributed by atoms with Crippen LogP contribution in [0.3, 0.4) is 0 Å². The van der Waals surface area contributed by atoms with Crippen LogP contribution in [-0.4, -0.2) is 185 Å². The number of hydrogen-bond donors (Lipinski definition) is 5. The zero-order chi connectivity index (χ0) is 89.2. The zero-order valence-corrected chi connectivity index (χ0v) is 77.5. The quantitative estimate of drug-likeness (QED) is 0.00386. The minimum absolute atomic E-state index is 0.0116.